The molecular formula is C15H19N3O2S. The van der Waals surface area contributed by atoms with Crippen molar-refractivity contribution in [1.82, 2.24) is 4.57 Å². The Bertz CT molecular complexity index is 757. The Morgan fingerprint density at radius 2 is 1.71 bits per heavy atom. The van der Waals surface area contributed by atoms with Crippen LogP contribution in [-0.4, -0.2) is 39.6 Å². The van der Waals surface area contributed by atoms with E-state index in [0.717, 1.165) is 17.1 Å². The van der Waals surface area contributed by atoms with Gasteiger partial charge in [0.15, 0.2) is 9.84 Å². The molecule has 0 N–H and O–H groups in total. The number of nitrogens with zero attached hydrogens (tertiary/aromatic N) is 3. The third kappa shape index (κ3) is 3.52. The Balaban J connectivity index is 2.24. The summed E-state index contributed by atoms with van der Waals surface area (Å²) >= 11 is 0. The molecule has 0 saturated carbocycles. The van der Waals surface area contributed by atoms with Gasteiger partial charge in [-0.3, -0.25) is 4.99 Å². The van der Waals surface area contributed by atoms with Gasteiger partial charge in [0.2, 0.25) is 0 Å². The number of benzene rings is 1. The topological polar surface area (TPSA) is 54.7 Å². The van der Waals surface area contributed by atoms with E-state index in [0.29, 0.717) is 0 Å². The van der Waals surface area contributed by atoms with Crippen molar-refractivity contribution in [2.24, 2.45) is 12.0 Å². The lowest BCUT2D eigenvalue weighted by Gasteiger charge is -2.11. The summed E-state index contributed by atoms with van der Waals surface area (Å²) in [5.74, 6) is 0. The molecule has 0 aliphatic heterocycles. The molecule has 0 amide bonds. The molecule has 0 fully saturated rings. The van der Waals surface area contributed by atoms with Crippen LogP contribution >= 0.6 is 0 Å². The molecule has 0 bridgehead atoms. The fourth-order valence-electron chi connectivity index (χ4n) is 1.99. The van der Waals surface area contributed by atoms with E-state index >= 15 is 0 Å². The third-order valence-electron chi connectivity index (χ3n) is 3.21. The summed E-state index contributed by atoms with van der Waals surface area (Å²) in [5.41, 5.74) is 2.67. The number of rotatable bonds is 4. The lowest BCUT2D eigenvalue weighted by Crippen LogP contribution is -2.07. The van der Waals surface area contributed by atoms with Gasteiger partial charge in [-0.15, -0.1) is 0 Å². The number of aromatic nitrogens is 1. The molecule has 1 aromatic carbocycles. The highest BCUT2D eigenvalue weighted by atomic mass is 32.2. The molecule has 112 valence electrons. The van der Waals surface area contributed by atoms with Crippen molar-refractivity contribution in [2.75, 3.05) is 25.3 Å². The first-order chi connectivity index (χ1) is 9.79. The van der Waals surface area contributed by atoms with E-state index in [1.807, 2.05) is 43.3 Å². The summed E-state index contributed by atoms with van der Waals surface area (Å²) in [6.07, 6.45) is 2.86. The number of sulfone groups is 1. The number of hydrogen-bond donors (Lipinski definition) is 0. The fraction of sp³-hybridized carbons (Fsp3) is 0.267. The molecule has 0 saturated heterocycles. The number of anilines is 1. The van der Waals surface area contributed by atoms with E-state index in [1.54, 1.807) is 30.0 Å². The van der Waals surface area contributed by atoms with Crippen LogP contribution in [0.1, 0.15) is 5.69 Å². The van der Waals surface area contributed by atoms with Crippen molar-refractivity contribution >= 4 is 27.4 Å². The van der Waals surface area contributed by atoms with Gasteiger partial charge in [0, 0.05) is 33.1 Å². The average molecular weight is 305 g/mol. The first-order valence-corrected chi connectivity index (χ1v) is 8.35. The molecule has 0 spiro atoms. The Morgan fingerprint density at radius 3 is 2.19 bits per heavy atom. The quantitative estimate of drug-likeness (QED) is 0.814. The van der Waals surface area contributed by atoms with E-state index in [-0.39, 0.29) is 5.03 Å². The van der Waals surface area contributed by atoms with Crippen molar-refractivity contribution in [3.8, 4) is 0 Å². The molecular weight excluding hydrogens is 286 g/mol. The minimum Gasteiger partial charge on any atom is -0.378 e. The van der Waals surface area contributed by atoms with Crippen LogP contribution in [0.3, 0.4) is 0 Å². The number of aliphatic imine (C=N–C) groups is 1. The van der Waals surface area contributed by atoms with E-state index in [2.05, 4.69) is 4.99 Å². The zero-order valence-electron chi connectivity index (χ0n) is 12.6. The summed E-state index contributed by atoms with van der Waals surface area (Å²) in [4.78, 5) is 6.39. The second-order valence-corrected chi connectivity index (χ2v) is 7.06. The molecule has 6 heteroatoms. The zero-order valence-corrected chi connectivity index (χ0v) is 13.4. The van der Waals surface area contributed by atoms with Gasteiger partial charge >= 0.3 is 0 Å². The third-order valence-corrected chi connectivity index (χ3v) is 4.38. The largest absolute Gasteiger partial charge is 0.378 e. The van der Waals surface area contributed by atoms with Gasteiger partial charge in [-0.05, 0) is 36.4 Å². The Hall–Kier alpha value is -2.08. The summed E-state index contributed by atoms with van der Waals surface area (Å²) < 4.78 is 24.8. The molecule has 1 heterocycles. The van der Waals surface area contributed by atoms with Crippen molar-refractivity contribution in [3.63, 3.8) is 0 Å². The Morgan fingerprint density at radius 1 is 1.10 bits per heavy atom. The zero-order chi connectivity index (χ0) is 15.6. The maximum absolute atomic E-state index is 11.6. The van der Waals surface area contributed by atoms with E-state index in [9.17, 15) is 8.42 Å². The van der Waals surface area contributed by atoms with Crippen LogP contribution in [0.25, 0.3) is 0 Å². The van der Waals surface area contributed by atoms with Gasteiger partial charge < -0.3 is 9.47 Å². The minimum atomic E-state index is -3.21. The number of hydrogen-bond acceptors (Lipinski definition) is 4. The molecule has 21 heavy (non-hydrogen) atoms. The van der Waals surface area contributed by atoms with E-state index in [4.69, 9.17) is 0 Å². The van der Waals surface area contributed by atoms with Crippen molar-refractivity contribution in [3.05, 3.63) is 42.1 Å². The molecule has 0 radical (unpaired) electrons. The highest BCUT2D eigenvalue weighted by Crippen LogP contribution is 2.18. The van der Waals surface area contributed by atoms with Crippen LogP contribution in [0.2, 0.25) is 0 Å². The van der Waals surface area contributed by atoms with Crippen LogP contribution in [-0.2, 0) is 16.9 Å². The maximum Gasteiger partial charge on any atom is 0.190 e. The normalized spacial score (nSPS) is 12.0. The van der Waals surface area contributed by atoms with Gasteiger partial charge in [0.05, 0.1) is 17.6 Å². The lowest BCUT2D eigenvalue weighted by atomic mass is 10.3. The summed E-state index contributed by atoms with van der Waals surface area (Å²) in [6.45, 7) is 0. The van der Waals surface area contributed by atoms with Crippen LogP contribution in [0.15, 0.2) is 46.4 Å². The first-order valence-electron chi connectivity index (χ1n) is 6.46. The molecule has 0 atom stereocenters. The minimum absolute atomic E-state index is 0.284. The molecule has 2 aromatic rings. The van der Waals surface area contributed by atoms with Gasteiger partial charge in [-0.1, -0.05) is 0 Å². The van der Waals surface area contributed by atoms with Crippen LogP contribution in [0, 0.1) is 0 Å². The molecule has 5 nitrogen and oxygen atoms in total. The summed E-state index contributed by atoms with van der Waals surface area (Å²) in [5, 5.41) is 0.284. The van der Waals surface area contributed by atoms with Gasteiger partial charge in [0.1, 0.15) is 5.03 Å². The SMILES string of the molecule is CN(C)c1ccc(N=Cc2ccc(S(C)(=O)=O)n2C)cc1. The second kappa shape index (κ2) is 5.73. The van der Waals surface area contributed by atoms with Gasteiger partial charge in [-0.25, -0.2) is 8.42 Å². The van der Waals surface area contributed by atoms with Crippen molar-refractivity contribution in [1.29, 1.82) is 0 Å². The van der Waals surface area contributed by atoms with Gasteiger partial charge in [-0.2, -0.15) is 0 Å². The molecule has 1 aromatic heterocycles. The lowest BCUT2D eigenvalue weighted by molar-refractivity contribution is 0.591. The monoisotopic (exact) mass is 305 g/mol. The van der Waals surface area contributed by atoms with E-state index in [1.165, 1.54) is 6.26 Å². The van der Waals surface area contributed by atoms with Crippen molar-refractivity contribution in [2.45, 2.75) is 5.03 Å². The first kappa shape index (κ1) is 15.3. The summed E-state index contributed by atoms with van der Waals surface area (Å²) in [7, 11) is 2.46. The Labute approximate surface area is 125 Å². The average Bonchev–Trinajstić information content (AvgIpc) is 2.78. The molecule has 2 rings (SSSR count). The van der Waals surface area contributed by atoms with Crippen LogP contribution in [0.5, 0.6) is 0 Å². The molecule has 0 aliphatic rings. The fourth-order valence-corrected chi connectivity index (χ4v) is 2.91. The maximum atomic E-state index is 11.6. The van der Waals surface area contributed by atoms with Gasteiger partial charge in [0.25, 0.3) is 0 Å². The summed E-state index contributed by atoms with van der Waals surface area (Å²) in [6, 6.07) is 11.2. The molecule has 0 aliphatic carbocycles. The Kier molecular flexibility index (Phi) is 4.18. The van der Waals surface area contributed by atoms with Crippen LogP contribution < -0.4 is 4.90 Å². The van der Waals surface area contributed by atoms with E-state index < -0.39 is 9.84 Å². The second-order valence-electron chi connectivity index (χ2n) is 5.10. The smallest absolute Gasteiger partial charge is 0.190 e. The van der Waals surface area contributed by atoms with Crippen molar-refractivity contribution < 1.29 is 8.42 Å². The predicted molar refractivity (Wildman–Crippen MR) is 86.5 cm³/mol. The van der Waals surface area contributed by atoms with Crippen LogP contribution in [0.4, 0.5) is 11.4 Å². The highest BCUT2D eigenvalue weighted by molar-refractivity contribution is 7.90. The molecule has 0 unspecified atom stereocenters. The highest BCUT2D eigenvalue weighted by Gasteiger charge is 2.12. The standard InChI is InChI=1S/C15H19N3O2S/c1-17(2)13-7-5-12(6-8-13)16-11-14-9-10-15(18(14)3)21(4,19)20/h5-11H,1-4H3. The predicted octanol–water partition coefficient (Wildman–Crippen LogP) is 2.25.